The first kappa shape index (κ1) is 36.0. The highest BCUT2D eigenvalue weighted by atomic mass is 16.5. The van der Waals surface area contributed by atoms with Crippen LogP contribution in [-0.4, -0.2) is 84.9 Å². The predicted molar refractivity (Wildman–Crippen MR) is 191 cm³/mol. The van der Waals surface area contributed by atoms with Gasteiger partial charge in [0.25, 0.3) is 0 Å². The van der Waals surface area contributed by atoms with Gasteiger partial charge >= 0.3 is 5.76 Å². The summed E-state index contributed by atoms with van der Waals surface area (Å²) in [6.45, 7) is 9.88. The van der Waals surface area contributed by atoms with Crippen LogP contribution in [0.1, 0.15) is 64.9 Å². The third-order valence-corrected chi connectivity index (χ3v) is 9.09. The summed E-state index contributed by atoms with van der Waals surface area (Å²) in [5.74, 6) is -0.280. The van der Waals surface area contributed by atoms with Gasteiger partial charge in [-0.05, 0) is 62.6 Å². The van der Waals surface area contributed by atoms with Gasteiger partial charge in [-0.2, -0.15) is 0 Å². The minimum absolute atomic E-state index is 0.0597. The molecule has 0 bridgehead atoms. The van der Waals surface area contributed by atoms with Gasteiger partial charge in [-0.3, -0.25) is 29.6 Å². The molecule has 1 saturated heterocycles. The molecule has 12 nitrogen and oxygen atoms in total. The van der Waals surface area contributed by atoms with Crippen LogP contribution in [0.5, 0.6) is 0 Å². The third-order valence-electron chi connectivity index (χ3n) is 9.09. The van der Waals surface area contributed by atoms with Gasteiger partial charge in [0.15, 0.2) is 5.82 Å². The van der Waals surface area contributed by atoms with E-state index in [2.05, 4.69) is 57.0 Å². The first-order valence-corrected chi connectivity index (χ1v) is 17.5. The maximum Gasteiger partial charge on any atom is 0.439 e. The Morgan fingerprint density at radius 1 is 1.06 bits per heavy atom. The number of H-pyrrole nitrogens is 1. The van der Waals surface area contributed by atoms with Crippen molar-refractivity contribution in [1.82, 2.24) is 31.2 Å². The number of morpholine rings is 1. The van der Waals surface area contributed by atoms with E-state index in [1.165, 1.54) is 0 Å². The summed E-state index contributed by atoms with van der Waals surface area (Å²) in [6.07, 6.45) is 7.97. The number of carbonyl (C=O) groups excluding carboxylic acids is 1. The lowest BCUT2D eigenvalue weighted by Crippen LogP contribution is -2.46. The molecule has 264 valence electrons. The van der Waals surface area contributed by atoms with Crippen molar-refractivity contribution in [2.45, 2.75) is 90.1 Å². The fourth-order valence-electron chi connectivity index (χ4n) is 6.80. The van der Waals surface area contributed by atoms with Crippen LogP contribution in [0.3, 0.4) is 0 Å². The Kier molecular flexibility index (Phi) is 13.2. The van der Waals surface area contributed by atoms with E-state index in [0.29, 0.717) is 24.2 Å². The summed E-state index contributed by atoms with van der Waals surface area (Å²) >= 11 is 0. The molecule has 49 heavy (non-hydrogen) atoms. The number of hydrogen-bond acceptors (Lipinski definition) is 9. The molecule has 3 aromatic rings. The molecule has 2 aliphatic rings. The van der Waals surface area contributed by atoms with Gasteiger partial charge in [-0.25, -0.2) is 4.79 Å². The number of nitrogens with zero attached hydrogens (tertiary/aromatic N) is 3. The molecule has 2 atom stereocenters. The van der Waals surface area contributed by atoms with Crippen molar-refractivity contribution < 1.29 is 18.8 Å². The van der Waals surface area contributed by atoms with E-state index < -0.39 is 5.76 Å². The molecule has 12 heteroatoms. The number of hydrogen-bond donors (Lipinski definition) is 4. The molecule has 1 aliphatic carbocycles. The molecule has 2 heterocycles. The Morgan fingerprint density at radius 3 is 2.43 bits per heavy atom. The Morgan fingerprint density at radius 2 is 1.78 bits per heavy atom. The van der Waals surface area contributed by atoms with Crippen LogP contribution in [0.4, 0.5) is 0 Å². The number of carbonyl (C=O) groups is 1. The average molecular weight is 674 g/mol. The Bertz CT molecular complexity index is 1600. The van der Waals surface area contributed by atoms with Gasteiger partial charge < -0.3 is 20.2 Å². The number of aromatic amines is 1. The zero-order chi connectivity index (χ0) is 34.6. The molecule has 0 radical (unpaired) electrons. The predicted octanol–water partition coefficient (Wildman–Crippen LogP) is 4.60. The van der Waals surface area contributed by atoms with Crippen molar-refractivity contribution in [2.75, 3.05) is 33.3 Å². The smallest absolute Gasteiger partial charge is 0.377 e. The van der Waals surface area contributed by atoms with Crippen LogP contribution in [-0.2, 0) is 20.7 Å². The van der Waals surface area contributed by atoms with Gasteiger partial charge in [0, 0.05) is 56.0 Å². The first-order valence-electron chi connectivity index (χ1n) is 17.5. The van der Waals surface area contributed by atoms with Crippen LogP contribution in [0, 0.1) is 0 Å². The van der Waals surface area contributed by atoms with E-state index >= 15 is 0 Å². The summed E-state index contributed by atoms with van der Waals surface area (Å²) in [7, 11) is 1.69. The Hall–Kier alpha value is -4.26. The van der Waals surface area contributed by atoms with Crippen molar-refractivity contribution >= 4 is 12.2 Å². The molecule has 0 spiro atoms. The van der Waals surface area contributed by atoms with Gasteiger partial charge in [0.2, 0.25) is 5.91 Å². The lowest BCUT2D eigenvalue weighted by atomic mass is 9.92. The summed E-state index contributed by atoms with van der Waals surface area (Å²) in [4.78, 5) is 34.6. The molecule has 1 saturated carbocycles. The minimum atomic E-state index is -0.598. The fourth-order valence-corrected chi connectivity index (χ4v) is 6.80. The topological polar surface area (TPSA) is 146 Å². The van der Waals surface area contributed by atoms with E-state index in [9.17, 15) is 9.59 Å². The summed E-state index contributed by atoms with van der Waals surface area (Å²) in [5.41, 5.74) is 11.4. The molecular weight excluding hydrogens is 622 g/mol. The van der Waals surface area contributed by atoms with Crippen LogP contribution in [0.15, 0.2) is 74.1 Å². The molecule has 2 fully saturated rings. The molecule has 4 N–H and O–H groups in total. The number of hydrazine groups is 1. The zero-order valence-corrected chi connectivity index (χ0v) is 29.2. The molecule has 0 unspecified atom stereocenters. The second-order valence-electron chi connectivity index (χ2n) is 13.1. The zero-order valence-electron chi connectivity index (χ0n) is 29.2. The largest absolute Gasteiger partial charge is 0.439 e. The average Bonchev–Trinajstić information content (AvgIpc) is 3.53. The number of aromatic nitrogens is 2. The van der Waals surface area contributed by atoms with E-state index in [0.717, 1.165) is 86.3 Å². The number of benzene rings is 2. The number of amides is 1. The fraction of sp³-hybridized carbons (Fsp3) is 0.514. The van der Waals surface area contributed by atoms with Crippen molar-refractivity contribution in [3.63, 3.8) is 0 Å². The highest BCUT2D eigenvalue weighted by molar-refractivity contribution is 5.95. The van der Waals surface area contributed by atoms with Crippen LogP contribution >= 0.6 is 0 Å². The molecular formula is C37H51N7O5. The first-order chi connectivity index (χ1) is 23.8. The van der Waals surface area contributed by atoms with E-state index in [1.807, 2.05) is 48.5 Å². The van der Waals surface area contributed by atoms with Crippen LogP contribution in [0.25, 0.3) is 22.5 Å². The quantitative estimate of drug-likeness (QED) is 0.0787. The lowest BCUT2D eigenvalue weighted by molar-refractivity contribution is -0.118. The number of aliphatic imine (C=N–C) groups is 1. The maximum absolute atomic E-state index is 14.0. The van der Waals surface area contributed by atoms with E-state index in [-0.39, 0.29) is 30.3 Å². The Labute approximate surface area is 288 Å². The highest BCUT2D eigenvalue weighted by Gasteiger charge is 2.26. The standard InChI is InChI=1S/C37H51N7O5/c1-5-8-34(42-39-24-38-4)33(21-27-11-13-28(14-12-27)31-9-6-7-10-32(31)35-41-37(46)49-43-35)36(45)40-29-15-17-30(18-16-29)47-20-19-44-22-25(2)48-26(3)23-44/h6-7,9-14,24-26,29-30,42H,5,8,15-23H2,1-4H3,(H,38,39)(H,40,45)(H,41,43,46)/b34-33-/t25-,26+,29?,30?. The van der Waals surface area contributed by atoms with E-state index in [1.54, 1.807) is 13.4 Å². The second kappa shape index (κ2) is 17.9. The van der Waals surface area contributed by atoms with Gasteiger partial charge in [-0.15, -0.1) is 0 Å². The van der Waals surface area contributed by atoms with Crippen molar-refractivity contribution in [3.05, 3.63) is 75.9 Å². The molecule has 2 aromatic carbocycles. The van der Waals surface area contributed by atoms with Crippen molar-refractivity contribution in [3.8, 4) is 22.5 Å². The summed E-state index contributed by atoms with van der Waals surface area (Å²) < 4.78 is 16.9. The van der Waals surface area contributed by atoms with Crippen LogP contribution < -0.4 is 21.9 Å². The van der Waals surface area contributed by atoms with Gasteiger partial charge in [0.05, 0.1) is 24.9 Å². The monoisotopic (exact) mass is 673 g/mol. The minimum Gasteiger partial charge on any atom is -0.377 e. The molecule has 1 aliphatic heterocycles. The van der Waals surface area contributed by atoms with Crippen molar-refractivity contribution in [2.24, 2.45) is 4.99 Å². The summed E-state index contributed by atoms with van der Waals surface area (Å²) in [6, 6.07) is 15.9. The summed E-state index contributed by atoms with van der Waals surface area (Å²) in [5, 5.41) is 7.23. The van der Waals surface area contributed by atoms with Gasteiger partial charge in [0.1, 0.15) is 6.34 Å². The number of allylic oxidation sites excluding steroid dienone is 1. The highest BCUT2D eigenvalue weighted by Crippen LogP contribution is 2.30. The maximum atomic E-state index is 14.0. The number of ether oxygens (including phenoxy) is 2. The third kappa shape index (κ3) is 10.4. The van der Waals surface area contributed by atoms with E-state index in [4.69, 9.17) is 14.0 Å². The molecule has 1 amide bonds. The van der Waals surface area contributed by atoms with Crippen molar-refractivity contribution in [1.29, 1.82) is 0 Å². The lowest BCUT2D eigenvalue weighted by Gasteiger charge is -2.36. The SMILES string of the molecule is CCC/C(NNC=NC)=C(\Cc1ccc(-c2ccccc2-c2noc(=O)[nH]2)cc1)C(=O)NC1CCC(OCCN2C[C@@H](C)O[C@@H](C)C2)CC1. The Balaban J connectivity index is 1.23. The molecule has 1 aromatic heterocycles. The second-order valence-corrected chi connectivity index (χ2v) is 13.1. The molecule has 5 rings (SSSR count). The number of nitrogens with one attached hydrogen (secondary N) is 4. The normalized spacial score (nSPS) is 22.1. The number of rotatable bonds is 15. The van der Waals surface area contributed by atoms with Crippen LogP contribution in [0.2, 0.25) is 0 Å². The van der Waals surface area contributed by atoms with Gasteiger partial charge in [-0.1, -0.05) is 67.0 Å².